The number of nitrogens with zero attached hydrogens (tertiary/aromatic N) is 5. The molecule has 2 rings (SSSR count). The summed E-state index contributed by atoms with van der Waals surface area (Å²) in [6, 6.07) is 8.30. The van der Waals surface area contributed by atoms with Gasteiger partial charge in [-0.15, -0.1) is 0 Å². The average Bonchev–Trinajstić information content (AvgIpc) is 2.66. The van der Waals surface area contributed by atoms with Crippen LogP contribution in [0.1, 0.15) is 5.56 Å². The maximum Gasteiger partial charge on any atom is 0.294 e. The van der Waals surface area contributed by atoms with Gasteiger partial charge in [-0.3, -0.25) is 10.1 Å². The minimum Gasteiger partial charge on any atom is -0.494 e. The molecule has 0 aliphatic carbocycles. The Kier molecular flexibility index (Phi) is 6.51. The molecule has 0 aliphatic heterocycles. The lowest BCUT2D eigenvalue weighted by Gasteiger charge is -2.22. The van der Waals surface area contributed by atoms with Crippen LogP contribution in [0.5, 0.6) is 5.75 Å². The third kappa shape index (κ3) is 5.05. The standard InChI is InChI=1S/C18H22N6O3/c1-22(2)7-8-23(3)15-10-17(27-4)14(9-16(15)24(25)26)21-18-6-5-13(11-19)12-20-18/h5-6,9-10,12H,7-8H2,1-4H3,(H,20,21). The van der Waals surface area contributed by atoms with Gasteiger partial charge in [-0.05, 0) is 26.2 Å². The molecular weight excluding hydrogens is 348 g/mol. The molecule has 0 atom stereocenters. The zero-order chi connectivity index (χ0) is 20.0. The first kappa shape index (κ1) is 19.9. The summed E-state index contributed by atoms with van der Waals surface area (Å²) < 4.78 is 5.41. The first-order valence-electron chi connectivity index (χ1n) is 8.21. The van der Waals surface area contributed by atoms with Crippen molar-refractivity contribution < 1.29 is 9.66 Å². The first-order valence-corrected chi connectivity index (χ1v) is 8.21. The number of nitriles is 1. The topological polar surface area (TPSA) is 108 Å². The van der Waals surface area contributed by atoms with Crippen molar-refractivity contribution in [2.24, 2.45) is 0 Å². The summed E-state index contributed by atoms with van der Waals surface area (Å²) >= 11 is 0. The molecule has 9 heteroatoms. The van der Waals surface area contributed by atoms with E-state index >= 15 is 0 Å². The summed E-state index contributed by atoms with van der Waals surface area (Å²) in [7, 11) is 7.20. The van der Waals surface area contributed by atoms with Gasteiger partial charge in [0.05, 0.1) is 23.3 Å². The van der Waals surface area contributed by atoms with E-state index < -0.39 is 4.92 Å². The summed E-state index contributed by atoms with van der Waals surface area (Å²) in [4.78, 5) is 19.1. The summed E-state index contributed by atoms with van der Waals surface area (Å²) in [5.41, 5.74) is 1.28. The van der Waals surface area contributed by atoms with Crippen molar-refractivity contribution in [3.8, 4) is 11.8 Å². The Bertz CT molecular complexity index is 845. The van der Waals surface area contributed by atoms with Crippen molar-refractivity contribution in [2.45, 2.75) is 0 Å². The molecule has 142 valence electrons. The van der Waals surface area contributed by atoms with Gasteiger partial charge in [0.2, 0.25) is 0 Å². The number of aromatic nitrogens is 1. The van der Waals surface area contributed by atoms with Crippen LogP contribution in [-0.4, -0.2) is 56.1 Å². The second-order valence-electron chi connectivity index (χ2n) is 6.19. The monoisotopic (exact) mass is 370 g/mol. The molecule has 0 saturated carbocycles. The van der Waals surface area contributed by atoms with Crippen molar-refractivity contribution in [3.63, 3.8) is 0 Å². The van der Waals surface area contributed by atoms with Crippen molar-refractivity contribution >= 4 is 22.9 Å². The van der Waals surface area contributed by atoms with Gasteiger partial charge in [-0.25, -0.2) is 4.98 Å². The highest BCUT2D eigenvalue weighted by molar-refractivity contribution is 5.77. The molecule has 2 aromatic rings. The minimum absolute atomic E-state index is 0.0341. The molecule has 1 aromatic heterocycles. The molecule has 9 nitrogen and oxygen atoms in total. The number of pyridine rings is 1. The van der Waals surface area contributed by atoms with Crippen LogP contribution in [0.15, 0.2) is 30.5 Å². The predicted octanol–water partition coefficient (Wildman–Crippen LogP) is 2.61. The van der Waals surface area contributed by atoms with E-state index in [1.54, 1.807) is 25.2 Å². The minimum atomic E-state index is -0.418. The average molecular weight is 370 g/mol. The highest BCUT2D eigenvalue weighted by atomic mass is 16.6. The fraction of sp³-hybridized carbons (Fsp3) is 0.333. The van der Waals surface area contributed by atoms with Gasteiger partial charge in [-0.2, -0.15) is 5.26 Å². The van der Waals surface area contributed by atoms with Crippen LogP contribution in [0, 0.1) is 21.4 Å². The van der Waals surface area contributed by atoms with Gasteiger partial charge in [0.1, 0.15) is 23.3 Å². The van der Waals surface area contributed by atoms with E-state index in [1.807, 2.05) is 30.0 Å². The number of methoxy groups -OCH3 is 1. The summed E-state index contributed by atoms with van der Waals surface area (Å²) in [5.74, 6) is 0.911. The third-order valence-electron chi connectivity index (χ3n) is 3.94. The number of nitro benzene ring substituents is 1. The smallest absolute Gasteiger partial charge is 0.294 e. The van der Waals surface area contributed by atoms with E-state index in [9.17, 15) is 10.1 Å². The Hall–Kier alpha value is -3.38. The normalized spacial score (nSPS) is 10.4. The molecule has 27 heavy (non-hydrogen) atoms. The summed E-state index contributed by atoms with van der Waals surface area (Å²) in [6.07, 6.45) is 1.42. The molecule has 1 N–H and O–H groups in total. The number of nitro groups is 1. The van der Waals surface area contributed by atoms with Crippen molar-refractivity contribution in [1.82, 2.24) is 9.88 Å². The van der Waals surface area contributed by atoms with Crippen LogP contribution in [0.2, 0.25) is 0 Å². The Morgan fingerprint density at radius 3 is 2.56 bits per heavy atom. The van der Waals surface area contributed by atoms with Crippen LogP contribution in [0.25, 0.3) is 0 Å². The molecule has 1 aromatic carbocycles. The molecule has 0 unspecified atom stereocenters. The SMILES string of the molecule is COc1cc(N(C)CCN(C)C)c([N+](=O)[O-])cc1Nc1ccc(C#N)cn1. The first-order chi connectivity index (χ1) is 12.8. The molecule has 0 bridgehead atoms. The molecule has 0 aliphatic rings. The number of hydrogen-bond donors (Lipinski definition) is 1. The van der Waals surface area contributed by atoms with Gasteiger partial charge in [0.15, 0.2) is 0 Å². The largest absolute Gasteiger partial charge is 0.494 e. The lowest BCUT2D eigenvalue weighted by atomic mass is 10.2. The number of rotatable bonds is 8. The number of anilines is 3. The van der Waals surface area contributed by atoms with E-state index in [0.29, 0.717) is 35.1 Å². The quantitative estimate of drug-likeness (QED) is 0.558. The molecular formula is C18H22N6O3. The Morgan fingerprint density at radius 2 is 2.04 bits per heavy atom. The molecule has 0 radical (unpaired) electrons. The number of benzene rings is 1. The van der Waals surface area contributed by atoms with E-state index in [0.717, 1.165) is 6.54 Å². The van der Waals surface area contributed by atoms with Crippen LogP contribution in [0.4, 0.5) is 22.9 Å². The van der Waals surface area contributed by atoms with Crippen LogP contribution < -0.4 is 15.0 Å². The lowest BCUT2D eigenvalue weighted by Crippen LogP contribution is -2.28. The predicted molar refractivity (Wildman–Crippen MR) is 104 cm³/mol. The van der Waals surface area contributed by atoms with Gasteiger partial charge >= 0.3 is 0 Å². The van der Waals surface area contributed by atoms with Gasteiger partial charge in [0.25, 0.3) is 5.69 Å². The third-order valence-corrected chi connectivity index (χ3v) is 3.94. The Morgan fingerprint density at radius 1 is 1.30 bits per heavy atom. The zero-order valence-corrected chi connectivity index (χ0v) is 15.8. The van der Waals surface area contributed by atoms with Crippen LogP contribution >= 0.6 is 0 Å². The van der Waals surface area contributed by atoms with Crippen LogP contribution in [-0.2, 0) is 0 Å². The zero-order valence-electron chi connectivity index (χ0n) is 15.8. The highest BCUT2D eigenvalue weighted by Gasteiger charge is 2.22. The number of nitrogens with one attached hydrogen (secondary N) is 1. The maximum atomic E-state index is 11.6. The Labute approximate surface area is 157 Å². The van der Waals surface area contributed by atoms with Gasteiger partial charge < -0.3 is 19.9 Å². The van der Waals surface area contributed by atoms with E-state index in [4.69, 9.17) is 10.00 Å². The molecule has 0 fully saturated rings. The summed E-state index contributed by atoms with van der Waals surface area (Å²) in [5, 5.41) is 23.5. The Balaban J connectivity index is 2.39. The van der Waals surface area contributed by atoms with Crippen molar-refractivity contribution in [3.05, 3.63) is 46.1 Å². The van der Waals surface area contributed by atoms with Crippen molar-refractivity contribution in [2.75, 3.05) is 51.6 Å². The number of hydrogen-bond acceptors (Lipinski definition) is 8. The number of ether oxygens (including phenoxy) is 1. The molecule has 1 heterocycles. The van der Waals surface area contributed by atoms with E-state index in [-0.39, 0.29) is 5.69 Å². The molecule has 0 saturated heterocycles. The van der Waals surface area contributed by atoms with Gasteiger partial charge in [-0.1, -0.05) is 0 Å². The highest BCUT2D eigenvalue weighted by Crippen LogP contribution is 2.38. The lowest BCUT2D eigenvalue weighted by molar-refractivity contribution is -0.384. The fourth-order valence-corrected chi connectivity index (χ4v) is 2.42. The second kappa shape index (κ2) is 8.82. The van der Waals surface area contributed by atoms with Crippen LogP contribution in [0.3, 0.4) is 0 Å². The number of likely N-dealkylation sites (N-methyl/N-ethyl adjacent to an activating group) is 2. The fourth-order valence-electron chi connectivity index (χ4n) is 2.42. The molecule has 0 amide bonds. The molecule has 0 spiro atoms. The summed E-state index contributed by atoms with van der Waals surface area (Å²) in [6.45, 7) is 1.38. The second-order valence-corrected chi connectivity index (χ2v) is 6.19. The maximum absolute atomic E-state index is 11.6. The van der Waals surface area contributed by atoms with E-state index in [1.165, 1.54) is 19.4 Å². The van der Waals surface area contributed by atoms with Gasteiger partial charge in [0, 0.05) is 38.5 Å². The van der Waals surface area contributed by atoms with Crippen molar-refractivity contribution in [1.29, 1.82) is 5.26 Å². The van der Waals surface area contributed by atoms with E-state index in [2.05, 4.69) is 10.3 Å².